The van der Waals surface area contributed by atoms with E-state index in [-0.39, 0.29) is 5.82 Å². The first-order valence-electron chi connectivity index (χ1n) is 10.0. The molecule has 0 spiro atoms. The van der Waals surface area contributed by atoms with E-state index in [0.717, 1.165) is 36.1 Å². The third kappa shape index (κ3) is 3.07. The quantitative estimate of drug-likeness (QED) is 0.739. The molecule has 27 heavy (non-hydrogen) atoms. The number of piperidine rings is 1. The lowest BCUT2D eigenvalue weighted by atomic mass is 9.84. The number of rotatable bonds is 3. The zero-order chi connectivity index (χ0) is 18.2. The molecule has 1 saturated carbocycles. The fourth-order valence-corrected chi connectivity index (χ4v) is 4.85. The number of H-pyrrole nitrogens is 1. The lowest BCUT2D eigenvalue weighted by Crippen LogP contribution is -2.38. The highest BCUT2D eigenvalue weighted by atomic mass is 19.1. The first-order valence-corrected chi connectivity index (χ1v) is 10.0. The van der Waals surface area contributed by atoms with Gasteiger partial charge in [0.1, 0.15) is 11.5 Å². The van der Waals surface area contributed by atoms with E-state index in [9.17, 15) is 4.39 Å². The second-order valence-electron chi connectivity index (χ2n) is 7.87. The van der Waals surface area contributed by atoms with Crippen LogP contribution in [-0.2, 0) is 0 Å². The van der Waals surface area contributed by atoms with Gasteiger partial charge in [0.2, 0.25) is 0 Å². The van der Waals surface area contributed by atoms with Gasteiger partial charge in [0.25, 0.3) is 0 Å². The molecule has 0 bridgehead atoms. The molecule has 2 aliphatic rings. The largest absolute Gasteiger partial charge is 0.356 e. The zero-order valence-electron chi connectivity index (χ0n) is 15.4. The van der Waals surface area contributed by atoms with Gasteiger partial charge in [0, 0.05) is 24.7 Å². The van der Waals surface area contributed by atoms with Gasteiger partial charge in [-0.05, 0) is 48.9 Å². The molecule has 5 nitrogen and oxygen atoms in total. The van der Waals surface area contributed by atoms with Crippen molar-refractivity contribution in [2.24, 2.45) is 11.8 Å². The predicted molar refractivity (Wildman–Crippen MR) is 104 cm³/mol. The number of aromatic amines is 1. The van der Waals surface area contributed by atoms with Gasteiger partial charge >= 0.3 is 0 Å². The minimum absolute atomic E-state index is 0.325. The molecule has 1 N–H and O–H groups in total. The molecule has 3 aromatic rings. The van der Waals surface area contributed by atoms with Crippen LogP contribution < -0.4 is 4.90 Å². The van der Waals surface area contributed by atoms with Crippen LogP contribution in [0.3, 0.4) is 0 Å². The normalized spacial score (nSPS) is 21.2. The second-order valence-corrected chi connectivity index (χ2v) is 7.87. The Kier molecular flexibility index (Phi) is 4.26. The van der Waals surface area contributed by atoms with Gasteiger partial charge in [0.05, 0.1) is 5.69 Å². The highest BCUT2D eigenvalue weighted by molar-refractivity contribution is 5.89. The predicted octanol–water partition coefficient (Wildman–Crippen LogP) is 4.57. The van der Waals surface area contributed by atoms with Gasteiger partial charge in [-0.25, -0.2) is 14.4 Å². The maximum atomic E-state index is 14.6. The average Bonchev–Trinajstić information content (AvgIpc) is 3.39. The maximum Gasteiger partial charge on any atom is 0.181 e. The van der Waals surface area contributed by atoms with E-state index in [1.165, 1.54) is 44.6 Å². The zero-order valence-corrected chi connectivity index (χ0v) is 15.4. The van der Waals surface area contributed by atoms with Crippen LogP contribution in [-0.4, -0.2) is 33.3 Å². The average molecular weight is 365 g/mol. The van der Waals surface area contributed by atoms with Gasteiger partial charge < -0.3 is 4.90 Å². The Hall–Kier alpha value is -2.50. The number of nitrogens with zero attached hydrogens (tertiary/aromatic N) is 4. The number of hydrogen-bond acceptors (Lipinski definition) is 4. The number of nitrogens with one attached hydrogen (secondary N) is 1. The Balaban J connectivity index is 1.46. The van der Waals surface area contributed by atoms with Crippen LogP contribution >= 0.6 is 0 Å². The number of hydrogen-bond donors (Lipinski definition) is 1. The molecular weight excluding hydrogens is 341 g/mol. The van der Waals surface area contributed by atoms with Crippen molar-refractivity contribution < 1.29 is 4.39 Å². The smallest absolute Gasteiger partial charge is 0.181 e. The first-order chi connectivity index (χ1) is 13.3. The van der Waals surface area contributed by atoms with Gasteiger partial charge in [-0.2, -0.15) is 5.10 Å². The summed E-state index contributed by atoms with van der Waals surface area (Å²) in [5, 5.41) is 7.90. The molecule has 3 aromatic heterocycles. The van der Waals surface area contributed by atoms with E-state index in [1.807, 2.05) is 18.2 Å². The minimum atomic E-state index is -0.336. The summed E-state index contributed by atoms with van der Waals surface area (Å²) in [6.45, 7) is 2.03. The van der Waals surface area contributed by atoms with Crippen LogP contribution in [0.4, 0.5) is 10.2 Å². The number of anilines is 1. The maximum absolute atomic E-state index is 14.6. The van der Waals surface area contributed by atoms with Crippen molar-refractivity contribution in [2.45, 2.75) is 38.5 Å². The number of pyridine rings is 2. The molecule has 0 amide bonds. The van der Waals surface area contributed by atoms with E-state index in [0.29, 0.717) is 17.0 Å². The highest BCUT2D eigenvalue weighted by Crippen LogP contribution is 2.37. The lowest BCUT2D eigenvalue weighted by Gasteiger charge is -2.36. The Morgan fingerprint density at radius 1 is 1.04 bits per heavy atom. The molecule has 0 radical (unpaired) electrons. The van der Waals surface area contributed by atoms with Crippen molar-refractivity contribution >= 4 is 16.9 Å². The molecule has 4 heterocycles. The van der Waals surface area contributed by atoms with E-state index in [1.54, 1.807) is 6.20 Å². The number of fused-ring (bicyclic) bond motifs is 1. The Labute approximate surface area is 158 Å². The standard InChI is InChI=1S/C21H24FN5/c22-17-9-10-18(27-12-4-7-15(13-27)14-5-1-2-6-14)24-20(17)19-16-8-3-11-23-21(16)26-25-19/h3,8-11,14-15H,1-2,4-7,12-13H2,(H,23,25,26). The third-order valence-corrected chi connectivity index (χ3v) is 6.25. The van der Waals surface area contributed by atoms with Crippen LogP contribution in [0.25, 0.3) is 22.4 Å². The van der Waals surface area contributed by atoms with Crippen LogP contribution in [0.2, 0.25) is 0 Å². The molecule has 1 unspecified atom stereocenters. The highest BCUT2D eigenvalue weighted by Gasteiger charge is 2.30. The van der Waals surface area contributed by atoms with Crippen LogP contribution in [0.15, 0.2) is 30.5 Å². The fourth-order valence-electron chi connectivity index (χ4n) is 4.85. The SMILES string of the molecule is Fc1ccc(N2CCCC(C3CCCC3)C2)nc1-c1[nH]nc2ncccc12. The van der Waals surface area contributed by atoms with E-state index < -0.39 is 0 Å². The molecule has 6 heteroatoms. The first kappa shape index (κ1) is 16.7. The molecule has 1 aliphatic heterocycles. The van der Waals surface area contributed by atoms with Crippen molar-refractivity contribution in [3.05, 3.63) is 36.3 Å². The molecule has 0 aromatic carbocycles. The number of halogens is 1. The van der Waals surface area contributed by atoms with Gasteiger partial charge in [-0.3, -0.25) is 5.10 Å². The Bertz CT molecular complexity index is 947. The van der Waals surface area contributed by atoms with Crippen molar-refractivity contribution in [1.82, 2.24) is 20.2 Å². The molecular formula is C21H24FN5. The van der Waals surface area contributed by atoms with Gasteiger partial charge in [0.15, 0.2) is 11.5 Å². The molecule has 1 saturated heterocycles. The molecule has 140 valence electrons. The van der Waals surface area contributed by atoms with E-state index in [2.05, 4.69) is 20.1 Å². The van der Waals surface area contributed by atoms with Gasteiger partial charge in [-0.15, -0.1) is 0 Å². The molecule has 1 atom stereocenters. The molecule has 1 aliphatic carbocycles. The summed E-state index contributed by atoms with van der Waals surface area (Å²) >= 11 is 0. The fraction of sp³-hybridized carbons (Fsp3) is 0.476. The lowest BCUT2D eigenvalue weighted by molar-refractivity contribution is 0.288. The van der Waals surface area contributed by atoms with Crippen LogP contribution in [0.5, 0.6) is 0 Å². The minimum Gasteiger partial charge on any atom is -0.356 e. The summed E-state index contributed by atoms with van der Waals surface area (Å²) in [5.74, 6) is 2.13. The molecule has 2 fully saturated rings. The van der Waals surface area contributed by atoms with E-state index in [4.69, 9.17) is 4.98 Å². The van der Waals surface area contributed by atoms with Crippen molar-refractivity contribution in [1.29, 1.82) is 0 Å². The summed E-state index contributed by atoms with van der Waals surface area (Å²) in [4.78, 5) is 11.3. The summed E-state index contributed by atoms with van der Waals surface area (Å²) in [7, 11) is 0. The topological polar surface area (TPSA) is 57.7 Å². The monoisotopic (exact) mass is 365 g/mol. The molecule has 5 rings (SSSR count). The number of aromatic nitrogens is 4. The second kappa shape index (κ2) is 6.91. The van der Waals surface area contributed by atoms with Crippen molar-refractivity contribution in [3.63, 3.8) is 0 Å². The van der Waals surface area contributed by atoms with Crippen molar-refractivity contribution in [3.8, 4) is 11.4 Å². The summed E-state index contributed by atoms with van der Waals surface area (Å²) in [6.07, 6.45) is 9.67. The summed E-state index contributed by atoms with van der Waals surface area (Å²) < 4.78 is 14.6. The van der Waals surface area contributed by atoms with Gasteiger partial charge in [-0.1, -0.05) is 25.7 Å². The van der Waals surface area contributed by atoms with Crippen molar-refractivity contribution in [2.75, 3.05) is 18.0 Å². The summed E-state index contributed by atoms with van der Waals surface area (Å²) in [5.41, 5.74) is 1.51. The van der Waals surface area contributed by atoms with Crippen LogP contribution in [0.1, 0.15) is 38.5 Å². The third-order valence-electron chi connectivity index (χ3n) is 6.25. The van der Waals surface area contributed by atoms with Crippen LogP contribution in [0, 0.1) is 17.7 Å². The van der Waals surface area contributed by atoms with E-state index >= 15 is 0 Å². The Morgan fingerprint density at radius 3 is 2.78 bits per heavy atom. The Morgan fingerprint density at radius 2 is 1.89 bits per heavy atom. The summed E-state index contributed by atoms with van der Waals surface area (Å²) in [6, 6.07) is 7.07.